The van der Waals surface area contributed by atoms with Crippen molar-refractivity contribution < 1.29 is 9.21 Å². The molecule has 0 N–H and O–H groups in total. The van der Waals surface area contributed by atoms with Crippen LogP contribution in [0.25, 0.3) is 11.0 Å². The zero-order valence-corrected chi connectivity index (χ0v) is 13.3. The third-order valence-electron chi connectivity index (χ3n) is 4.58. The van der Waals surface area contributed by atoms with Gasteiger partial charge in [-0.2, -0.15) is 0 Å². The van der Waals surface area contributed by atoms with Crippen LogP contribution in [0.2, 0.25) is 0 Å². The number of anilines is 1. The van der Waals surface area contributed by atoms with Gasteiger partial charge in [0.1, 0.15) is 11.1 Å². The number of rotatable bonds is 2. The number of aryl methyl sites for hydroxylation is 2. The number of benzene rings is 1. The maximum Gasteiger partial charge on any atom is 0.349 e. The Morgan fingerprint density at radius 2 is 1.91 bits per heavy atom. The molecule has 2 aromatic rings. The number of fused-ring (bicyclic) bond motifs is 1. The number of piperidine rings is 1. The number of nitrogens with zero attached hydrogens (tertiary/aromatic N) is 1. The summed E-state index contributed by atoms with van der Waals surface area (Å²) >= 11 is 0. The summed E-state index contributed by atoms with van der Waals surface area (Å²) in [6.07, 6.45) is 2.79. The second kappa shape index (κ2) is 5.59. The van der Waals surface area contributed by atoms with Crippen molar-refractivity contribution in [3.63, 3.8) is 0 Å². The first-order valence-corrected chi connectivity index (χ1v) is 7.79. The molecular weight excluding hydrogens is 278 g/mol. The molecule has 22 heavy (non-hydrogen) atoms. The van der Waals surface area contributed by atoms with Crippen molar-refractivity contribution in [3.8, 4) is 0 Å². The Balaban J connectivity index is 2.29. The maximum atomic E-state index is 12.2. The summed E-state index contributed by atoms with van der Waals surface area (Å²) in [6.45, 7) is 7.95. The van der Waals surface area contributed by atoms with Crippen LogP contribution < -0.4 is 10.5 Å². The largest absolute Gasteiger partial charge is 0.422 e. The highest BCUT2D eigenvalue weighted by Crippen LogP contribution is 2.34. The van der Waals surface area contributed by atoms with Crippen LogP contribution in [0.1, 0.15) is 41.3 Å². The first-order chi connectivity index (χ1) is 10.5. The van der Waals surface area contributed by atoms with Crippen LogP contribution >= 0.6 is 0 Å². The molecule has 0 aliphatic carbocycles. The molecule has 0 bridgehead atoms. The van der Waals surface area contributed by atoms with E-state index >= 15 is 0 Å². The molecule has 1 saturated heterocycles. The van der Waals surface area contributed by atoms with Crippen molar-refractivity contribution >= 4 is 22.9 Å². The van der Waals surface area contributed by atoms with Gasteiger partial charge in [0, 0.05) is 18.5 Å². The summed E-state index contributed by atoms with van der Waals surface area (Å²) < 4.78 is 5.38. The molecule has 1 aliphatic rings. The molecule has 1 aromatic heterocycles. The molecule has 0 radical (unpaired) electrons. The van der Waals surface area contributed by atoms with Crippen LogP contribution in [0, 0.1) is 19.8 Å². The number of carbonyl (C=O) groups excluding carboxylic acids is 1. The van der Waals surface area contributed by atoms with E-state index in [1.54, 1.807) is 0 Å². The molecule has 0 atom stereocenters. The highest BCUT2D eigenvalue weighted by Gasteiger charge is 2.24. The molecule has 2 heterocycles. The maximum absolute atomic E-state index is 12.2. The van der Waals surface area contributed by atoms with Crippen molar-refractivity contribution in [3.05, 3.63) is 39.2 Å². The zero-order valence-electron chi connectivity index (χ0n) is 13.3. The normalized spacial score (nSPS) is 16.2. The van der Waals surface area contributed by atoms with Gasteiger partial charge in [-0.05, 0) is 49.8 Å². The van der Waals surface area contributed by atoms with Gasteiger partial charge in [-0.15, -0.1) is 0 Å². The van der Waals surface area contributed by atoms with Gasteiger partial charge in [0.2, 0.25) is 0 Å². The molecule has 1 fully saturated rings. The smallest absolute Gasteiger partial charge is 0.349 e. The van der Waals surface area contributed by atoms with Crippen molar-refractivity contribution in [1.29, 1.82) is 0 Å². The lowest BCUT2D eigenvalue weighted by Crippen LogP contribution is -2.34. The Labute approximate surface area is 129 Å². The van der Waals surface area contributed by atoms with E-state index in [2.05, 4.69) is 17.9 Å². The van der Waals surface area contributed by atoms with Crippen LogP contribution in [0.3, 0.4) is 0 Å². The minimum absolute atomic E-state index is 0.147. The Morgan fingerprint density at radius 3 is 2.55 bits per heavy atom. The van der Waals surface area contributed by atoms with Gasteiger partial charge in [0.25, 0.3) is 0 Å². The molecule has 4 nitrogen and oxygen atoms in total. The Hall–Kier alpha value is -2.10. The van der Waals surface area contributed by atoms with E-state index < -0.39 is 5.63 Å². The molecule has 0 amide bonds. The van der Waals surface area contributed by atoms with Gasteiger partial charge >= 0.3 is 5.63 Å². The second-order valence-corrected chi connectivity index (χ2v) is 6.39. The second-order valence-electron chi connectivity index (χ2n) is 6.39. The molecular formula is C18H21NO3. The monoisotopic (exact) mass is 299 g/mol. The number of carbonyl (C=O) groups is 1. The molecule has 0 spiro atoms. The van der Waals surface area contributed by atoms with Crippen molar-refractivity contribution in [2.24, 2.45) is 5.92 Å². The molecule has 116 valence electrons. The van der Waals surface area contributed by atoms with E-state index in [-0.39, 0.29) is 5.56 Å². The van der Waals surface area contributed by atoms with Crippen LogP contribution in [-0.4, -0.2) is 19.4 Å². The lowest BCUT2D eigenvalue weighted by Gasteiger charge is -2.33. The zero-order chi connectivity index (χ0) is 15.9. The standard InChI is InChI=1S/C18H21NO3/c1-11-4-6-19(7-5-11)17-14(10-20)18(21)22-15-9-12(2)8-13(3)16(15)17/h8-11H,4-7H2,1-3H3. The highest BCUT2D eigenvalue weighted by molar-refractivity contribution is 6.01. The Kier molecular flexibility index (Phi) is 3.77. The predicted molar refractivity (Wildman–Crippen MR) is 88.0 cm³/mol. The minimum atomic E-state index is -0.541. The number of aldehydes is 1. The van der Waals surface area contributed by atoms with E-state index in [0.29, 0.717) is 17.8 Å². The Bertz CT molecular complexity index is 783. The fraction of sp³-hybridized carbons (Fsp3) is 0.444. The van der Waals surface area contributed by atoms with Crippen LogP contribution in [0.5, 0.6) is 0 Å². The molecule has 4 heteroatoms. The summed E-state index contributed by atoms with van der Waals surface area (Å²) in [4.78, 5) is 25.9. The van der Waals surface area contributed by atoms with E-state index in [1.807, 2.05) is 19.9 Å². The van der Waals surface area contributed by atoms with E-state index in [1.165, 1.54) is 0 Å². The summed E-state index contributed by atoms with van der Waals surface area (Å²) in [7, 11) is 0. The van der Waals surface area contributed by atoms with Crippen LogP contribution in [0.4, 0.5) is 5.69 Å². The Morgan fingerprint density at radius 1 is 1.23 bits per heavy atom. The first-order valence-electron chi connectivity index (χ1n) is 7.79. The van der Waals surface area contributed by atoms with Crippen molar-refractivity contribution in [1.82, 2.24) is 0 Å². The average Bonchev–Trinajstić information content (AvgIpc) is 2.46. The molecule has 0 unspecified atom stereocenters. The van der Waals surface area contributed by atoms with E-state index in [4.69, 9.17) is 4.42 Å². The van der Waals surface area contributed by atoms with Crippen molar-refractivity contribution in [2.75, 3.05) is 18.0 Å². The average molecular weight is 299 g/mol. The topological polar surface area (TPSA) is 50.5 Å². The first kappa shape index (κ1) is 14.8. The van der Waals surface area contributed by atoms with Gasteiger partial charge < -0.3 is 9.32 Å². The fourth-order valence-electron chi connectivity index (χ4n) is 3.36. The van der Waals surface area contributed by atoms with Gasteiger partial charge in [0.15, 0.2) is 6.29 Å². The van der Waals surface area contributed by atoms with E-state index in [9.17, 15) is 9.59 Å². The van der Waals surface area contributed by atoms with Gasteiger partial charge in [0.05, 0.1) is 5.69 Å². The minimum Gasteiger partial charge on any atom is -0.422 e. The molecule has 3 rings (SSSR count). The van der Waals surface area contributed by atoms with Crippen molar-refractivity contribution in [2.45, 2.75) is 33.6 Å². The molecule has 0 saturated carbocycles. The van der Waals surface area contributed by atoms with Gasteiger partial charge in [-0.25, -0.2) is 4.79 Å². The molecule has 1 aromatic carbocycles. The summed E-state index contributed by atoms with van der Waals surface area (Å²) in [5.41, 5.74) is 3.02. The lowest BCUT2D eigenvalue weighted by molar-refractivity contribution is 0.112. The fourth-order valence-corrected chi connectivity index (χ4v) is 3.36. The summed E-state index contributed by atoms with van der Waals surface area (Å²) in [6, 6.07) is 3.93. The van der Waals surface area contributed by atoms with Gasteiger partial charge in [-0.1, -0.05) is 13.0 Å². The molecule has 1 aliphatic heterocycles. The lowest BCUT2D eigenvalue weighted by atomic mass is 9.96. The highest BCUT2D eigenvalue weighted by atomic mass is 16.4. The number of hydrogen-bond donors (Lipinski definition) is 0. The SMILES string of the molecule is Cc1cc(C)c2c(N3CCC(C)CC3)c(C=O)c(=O)oc2c1. The van der Waals surface area contributed by atoms with E-state index in [0.717, 1.165) is 48.1 Å². The summed E-state index contributed by atoms with van der Waals surface area (Å²) in [5, 5.41) is 0.891. The quantitative estimate of drug-likeness (QED) is 0.629. The van der Waals surface area contributed by atoms with Crippen LogP contribution in [-0.2, 0) is 0 Å². The third kappa shape index (κ3) is 2.43. The summed E-state index contributed by atoms with van der Waals surface area (Å²) in [5.74, 6) is 0.686. The third-order valence-corrected chi connectivity index (χ3v) is 4.58. The number of hydrogen-bond acceptors (Lipinski definition) is 4. The predicted octanol–water partition coefficient (Wildman–Crippen LogP) is 3.46. The van der Waals surface area contributed by atoms with Gasteiger partial charge in [-0.3, -0.25) is 4.79 Å². The van der Waals surface area contributed by atoms with Crippen LogP contribution in [0.15, 0.2) is 21.3 Å².